The van der Waals surface area contributed by atoms with Gasteiger partial charge >= 0.3 is 6.18 Å². The van der Waals surface area contributed by atoms with Crippen LogP contribution in [0.25, 0.3) is 10.2 Å². The number of aryl methyl sites for hydroxylation is 1. The molecule has 188 valence electrons. The van der Waals surface area contributed by atoms with E-state index in [2.05, 4.69) is 28.5 Å². The van der Waals surface area contributed by atoms with E-state index in [9.17, 15) is 18.0 Å². The summed E-state index contributed by atoms with van der Waals surface area (Å²) in [6.07, 6.45) is -1.98. The molecule has 1 atom stereocenters. The zero-order valence-corrected chi connectivity index (χ0v) is 19.9. The lowest BCUT2D eigenvalue weighted by Gasteiger charge is -2.30. The third kappa shape index (κ3) is 4.63. The summed E-state index contributed by atoms with van der Waals surface area (Å²) in [5.41, 5.74) is 0. The van der Waals surface area contributed by atoms with Crippen LogP contribution in [-0.4, -0.2) is 68.0 Å². The van der Waals surface area contributed by atoms with E-state index in [1.54, 1.807) is 11.3 Å². The average Bonchev–Trinajstić information content (AvgIpc) is 3.55. The summed E-state index contributed by atoms with van der Waals surface area (Å²) in [7, 11) is 0. The minimum atomic E-state index is -4.55. The van der Waals surface area contributed by atoms with E-state index in [1.807, 2.05) is 9.80 Å². The zero-order chi connectivity index (χ0) is 24.7. The van der Waals surface area contributed by atoms with Gasteiger partial charge in [0.2, 0.25) is 17.7 Å². The molecule has 1 saturated heterocycles. The van der Waals surface area contributed by atoms with Gasteiger partial charge in [-0.25, -0.2) is 4.98 Å². The molecule has 0 saturated carbocycles. The molecule has 3 aromatic heterocycles. The molecule has 14 heteroatoms. The van der Waals surface area contributed by atoms with Crippen molar-refractivity contribution in [1.82, 2.24) is 30.0 Å². The number of thiophene rings is 1. The minimum Gasteiger partial charge on any atom is -0.387 e. The normalized spacial score (nSPS) is 18.4. The highest BCUT2D eigenvalue weighted by molar-refractivity contribution is 7.18. The fraction of sp³-hybridized carbons (Fsp3) is 0.571. The molecule has 1 unspecified atom stereocenters. The molecule has 2 aliphatic rings. The van der Waals surface area contributed by atoms with Gasteiger partial charge in [-0.3, -0.25) is 4.79 Å². The van der Waals surface area contributed by atoms with E-state index in [4.69, 9.17) is 15.1 Å². The summed E-state index contributed by atoms with van der Waals surface area (Å²) in [6, 6.07) is 1.95. The number of aromatic nitrogens is 5. The van der Waals surface area contributed by atoms with Crippen LogP contribution in [-0.2, 0) is 30.5 Å². The maximum atomic E-state index is 13.3. The fourth-order valence-corrected chi connectivity index (χ4v) is 5.70. The number of rotatable bonds is 6. The first-order valence-electron chi connectivity index (χ1n) is 11.5. The lowest BCUT2D eigenvalue weighted by molar-refractivity contribution is -0.147. The van der Waals surface area contributed by atoms with Gasteiger partial charge in [0.15, 0.2) is 5.82 Å². The lowest BCUT2D eigenvalue weighted by Crippen LogP contribution is -2.39. The predicted octanol–water partition coefficient (Wildman–Crippen LogP) is 1.96. The number of nitrogens with one attached hydrogen (secondary N) is 1. The van der Waals surface area contributed by atoms with Crippen molar-refractivity contribution < 1.29 is 23.1 Å². The second-order valence-electron chi connectivity index (χ2n) is 8.70. The fourth-order valence-electron chi connectivity index (χ4n) is 4.58. The number of hydrogen-bond acceptors (Lipinski definition) is 9. The van der Waals surface area contributed by atoms with E-state index in [0.717, 1.165) is 27.6 Å². The number of nitrogens with zero attached hydrogens (tertiary/aromatic N) is 7. The Kier molecular flexibility index (Phi) is 6.25. The average molecular weight is 511 g/mol. The zero-order valence-electron chi connectivity index (χ0n) is 19.0. The predicted molar refractivity (Wildman–Crippen MR) is 123 cm³/mol. The molecule has 5 heterocycles. The molecule has 2 aliphatic heterocycles. The van der Waals surface area contributed by atoms with Crippen LogP contribution in [0.5, 0.6) is 0 Å². The van der Waals surface area contributed by atoms with Crippen molar-refractivity contribution in [2.45, 2.75) is 51.5 Å². The number of anilines is 2. The first-order chi connectivity index (χ1) is 16.8. The van der Waals surface area contributed by atoms with E-state index in [-0.39, 0.29) is 25.0 Å². The Hall–Kier alpha value is -3.00. The van der Waals surface area contributed by atoms with Crippen LogP contribution >= 0.6 is 11.3 Å². The van der Waals surface area contributed by atoms with Gasteiger partial charge in [-0.05, 0) is 18.9 Å². The van der Waals surface area contributed by atoms with E-state index in [0.29, 0.717) is 37.8 Å². The van der Waals surface area contributed by atoms with Gasteiger partial charge in [0.25, 0.3) is 0 Å². The summed E-state index contributed by atoms with van der Waals surface area (Å²) in [5.74, 6) is 0.0192. The molecule has 2 N–H and O–H groups in total. The number of amides is 1. The number of aliphatic hydroxyl groups is 1. The quantitative estimate of drug-likeness (QED) is 0.518. The first-order valence-corrected chi connectivity index (χ1v) is 12.3. The van der Waals surface area contributed by atoms with Crippen molar-refractivity contribution in [2.24, 2.45) is 0 Å². The number of aliphatic hydroxyl groups excluding tert-OH is 1. The van der Waals surface area contributed by atoms with Crippen LogP contribution in [0.1, 0.15) is 36.3 Å². The molecule has 5 rings (SSSR count). The molecule has 1 amide bonds. The molecule has 1 fully saturated rings. The third-order valence-corrected chi connectivity index (χ3v) is 7.28. The maximum Gasteiger partial charge on any atom is 0.451 e. The first kappa shape index (κ1) is 23.7. The van der Waals surface area contributed by atoms with Crippen LogP contribution in [0.3, 0.4) is 0 Å². The summed E-state index contributed by atoms with van der Waals surface area (Å²) < 4.78 is 40.9. The highest BCUT2D eigenvalue weighted by Crippen LogP contribution is 2.36. The number of alkyl halides is 3. The van der Waals surface area contributed by atoms with Crippen molar-refractivity contribution in [1.29, 1.82) is 0 Å². The number of halogens is 3. The van der Waals surface area contributed by atoms with Crippen molar-refractivity contribution in [3.63, 3.8) is 0 Å². The molecule has 0 aromatic carbocycles. The monoisotopic (exact) mass is 510 g/mol. The highest BCUT2D eigenvalue weighted by atomic mass is 32.1. The van der Waals surface area contributed by atoms with Crippen molar-refractivity contribution >= 4 is 39.2 Å². The largest absolute Gasteiger partial charge is 0.451 e. The summed E-state index contributed by atoms with van der Waals surface area (Å²) in [6.45, 7) is 3.27. The standard InChI is InChI=1S/C21H25F3N8O2S/c1-2-3-13-8-14-17(30-6-7-32-15(10-30)28-29-19(32)21(22,23)24)26-20(27-18(14)35-13)31-5-4-12(9-31)25-16(34)11-33/h8,12,33H,2-7,9-11H2,1H3,(H,25,34). The Bertz CT molecular complexity index is 1240. The second kappa shape index (κ2) is 9.22. The molecule has 35 heavy (non-hydrogen) atoms. The Balaban J connectivity index is 1.47. The van der Waals surface area contributed by atoms with Gasteiger partial charge < -0.3 is 24.8 Å². The van der Waals surface area contributed by atoms with Gasteiger partial charge in [-0.1, -0.05) is 13.3 Å². The van der Waals surface area contributed by atoms with E-state index in [1.165, 1.54) is 4.88 Å². The van der Waals surface area contributed by atoms with Crippen LogP contribution in [0.4, 0.5) is 24.9 Å². The molecule has 0 spiro atoms. The Morgan fingerprint density at radius 2 is 2.06 bits per heavy atom. The van der Waals surface area contributed by atoms with Gasteiger partial charge in [-0.15, -0.1) is 21.5 Å². The third-order valence-electron chi connectivity index (χ3n) is 6.19. The minimum absolute atomic E-state index is 0.100. The molecular weight excluding hydrogens is 485 g/mol. The second-order valence-corrected chi connectivity index (χ2v) is 9.81. The SMILES string of the molecule is CCCc1cc2c(N3CCn4c(nnc4C(F)(F)F)C3)nc(N3CCC(NC(=O)CO)C3)nc2s1. The molecule has 3 aromatic rings. The van der Waals surface area contributed by atoms with Crippen molar-refractivity contribution in [3.05, 3.63) is 22.6 Å². The maximum absolute atomic E-state index is 13.3. The number of carbonyl (C=O) groups is 1. The van der Waals surface area contributed by atoms with Gasteiger partial charge in [-0.2, -0.15) is 18.2 Å². The smallest absolute Gasteiger partial charge is 0.387 e. The Labute approximate surface area is 202 Å². The molecule has 0 aliphatic carbocycles. The highest BCUT2D eigenvalue weighted by Gasteiger charge is 2.40. The van der Waals surface area contributed by atoms with E-state index < -0.39 is 24.5 Å². The Morgan fingerprint density at radius 1 is 1.23 bits per heavy atom. The number of fused-ring (bicyclic) bond motifs is 2. The summed E-state index contributed by atoms with van der Waals surface area (Å²) in [5, 5.41) is 19.8. The number of carbonyl (C=O) groups excluding carboxylic acids is 1. The molecule has 10 nitrogen and oxygen atoms in total. The lowest BCUT2D eigenvalue weighted by atomic mass is 10.2. The summed E-state index contributed by atoms with van der Waals surface area (Å²) in [4.78, 5) is 27.1. The summed E-state index contributed by atoms with van der Waals surface area (Å²) >= 11 is 1.59. The van der Waals surface area contributed by atoms with Crippen LogP contribution in [0, 0.1) is 0 Å². The van der Waals surface area contributed by atoms with Crippen molar-refractivity contribution in [3.8, 4) is 0 Å². The number of hydrogen-bond donors (Lipinski definition) is 2. The van der Waals surface area contributed by atoms with E-state index >= 15 is 0 Å². The van der Waals surface area contributed by atoms with Gasteiger partial charge in [0.05, 0.1) is 11.9 Å². The van der Waals surface area contributed by atoms with Gasteiger partial charge in [0, 0.05) is 37.1 Å². The molecule has 0 radical (unpaired) electrons. The Morgan fingerprint density at radius 3 is 2.80 bits per heavy atom. The van der Waals surface area contributed by atoms with Crippen LogP contribution in [0.2, 0.25) is 0 Å². The van der Waals surface area contributed by atoms with Crippen LogP contribution in [0.15, 0.2) is 6.07 Å². The topological polar surface area (TPSA) is 112 Å². The van der Waals surface area contributed by atoms with Gasteiger partial charge in [0.1, 0.15) is 17.3 Å². The molecular formula is C21H25F3N8O2S. The van der Waals surface area contributed by atoms with Crippen LogP contribution < -0.4 is 15.1 Å². The van der Waals surface area contributed by atoms with Crippen molar-refractivity contribution in [2.75, 3.05) is 36.0 Å². The molecule has 0 bridgehead atoms.